The largest absolute Gasteiger partial charge is 0.477 e. The predicted molar refractivity (Wildman–Crippen MR) is 113 cm³/mol. The molecule has 3 aliphatic rings. The Morgan fingerprint density at radius 3 is 2.65 bits per heavy atom. The van der Waals surface area contributed by atoms with Gasteiger partial charge in [0.2, 0.25) is 10.0 Å². The third-order valence-corrected chi connectivity index (χ3v) is 8.91. The van der Waals surface area contributed by atoms with Gasteiger partial charge in [-0.25, -0.2) is 8.42 Å². The zero-order chi connectivity index (χ0) is 22.2. The van der Waals surface area contributed by atoms with Crippen LogP contribution in [0.25, 0.3) is 0 Å². The lowest BCUT2D eigenvalue weighted by atomic mass is 9.84. The number of hydrogen-bond donors (Lipinski definition) is 1. The number of amides is 1. The molecule has 0 radical (unpaired) electrons. The first kappa shape index (κ1) is 22.0. The predicted octanol–water partition coefficient (Wildman–Crippen LogP) is 2.70. The van der Waals surface area contributed by atoms with Gasteiger partial charge in [-0.1, -0.05) is 6.42 Å². The summed E-state index contributed by atoms with van der Waals surface area (Å²) in [4.78, 5) is 23.0. The summed E-state index contributed by atoms with van der Waals surface area (Å²) in [6, 6.07) is 3.60. The third kappa shape index (κ3) is 4.55. The molecule has 10 heteroatoms. The van der Waals surface area contributed by atoms with Crippen molar-refractivity contribution in [2.45, 2.75) is 56.4 Å². The molecule has 0 spiro atoms. The van der Waals surface area contributed by atoms with Crippen LogP contribution < -0.4 is 10.1 Å². The van der Waals surface area contributed by atoms with Crippen molar-refractivity contribution < 1.29 is 22.9 Å². The van der Waals surface area contributed by atoms with E-state index in [2.05, 4.69) is 5.32 Å². The smallest absolute Gasteiger partial charge is 0.312 e. The fourth-order valence-corrected chi connectivity index (χ4v) is 6.99. The fraction of sp³-hybridized carbons (Fsp3) is 0.667. The van der Waals surface area contributed by atoms with Crippen LogP contribution in [0.5, 0.6) is 5.75 Å². The van der Waals surface area contributed by atoms with Gasteiger partial charge < -0.3 is 10.1 Å². The Morgan fingerprint density at radius 2 is 2.03 bits per heavy atom. The Hall–Kier alpha value is -2.20. The molecule has 9 nitrogen and oxygen atoms in total. The van der Waals surface area contributed by atoms with Crippen LogP contribution in [0.3, 0.4) is 0 Å². The van der Waals surface area contributed by atoms with Gasteiger partial charge in [0.15, 0.2) is 12.4 Å². The molecule has 170 valence electrons. The zero-order valence-corrected chi connectivity index (χ0v) is 18.5. The SMILES string of the molecule is CC(NC(=O)COc1ccc(S(=O)(=O)N2CCCC2)cc1[N+](=O)[O-])C1CC2CCC1C2. The third-order valence-electron chi connectivity index (χ3n) is 7.01. The number of benzene rings is 1. The lowest BCUT2D eigenvalue weighted by molar-refractivity contribution is -0.386. The van der Waals surface area contributed by atoms with Gasteiger partial charge in [0.25, 0.3) is 5.91 Å². The maximum Gasteiger partial charge on any atom is 0.312 e. The average molecular weight is 452 g/mol. The number of fused-ring (bicyclic) bond motifs is 2. The quantitative estimate of drug-likeness (QED) is 0.479. The topological polar surface area (TPSA) is 119 Å². The highest BCUT2D eigenvalue weighted by molar-refractivity contribution is 7.89. The first-order valence-electron chi connectivity index (χ1n) is 11.0. The molecule has 4 unspecified atom stereocenters. The molecule has 4 rings (SSSR count). The number of rotatable bonds is 8. The van der Waals surface area contributed by atoms with E-state index in [0.717, 1.165) is 31.2 Å². The molecular formula is C21H29N3O6S. The van der Waals surface area contributed by atoms with Crippen LogP contribution in [0.2, 0.25) is 0 Å². The number of carbonyl (C=O) groups is 1. The molecule has 1 aliphatic heterocycles. The molecular weight excluding hydrogens is 422 g/mol. The Balaban J connectivity index is 1.39. The van der Waals surface area contributed by atoms with E-state index in [0.29, 0.717) is 24.9 Å². The zero-order valence-electron chi connectivity index (χ0n) is 17.7. The van der Waals surface area contributed by atoms with Crippen molar-refractivity contribution in [1.82, 2.24) is 9.62 Å². The molecule has 1 aromatic carbocycles. The standard InChI is InChI=1S/C21H29N3O6S/c1-14(18-11-15-4-5-16(18)10-15)22-21(25)13-30-20-7-6-17(12-19(20)24(26)27)31(28,29)23-8-2-3-9-23/h6-7,12,14-16,18H,2-5,8-11,13H2,1H3,(H,22,25). The molecule has 31 heavy (non-hydrogen) atoms. The van der Waals surface area contributed by atoms with E-state index in [1.807, 2.05) is 6.92 Å². The lowest BCUT2D eigenvalue weighted by Gasteiger charge is -2.28. The highest BCUT2D eigenvalue weighted by Crippen LogP contribution is 2.49. The Bertz CT molecular complexity index is 960. The van der Waals surface area contributed by atoms with E-state index in [-0.39, 0.29) is 29.2 Å². The number of nitro benzene ring substituents is 1. The van der Waals surface area contributed by atoms with E-state index in [1.54, 1.807) is 0 Å². The molecule has 1 saturated heterocycles. The highest BCUT2D eigenvalue weighted by Gasteiger charge is 2.42. The summed E-state index contributed by atoms with van der Waals surface area (Å²) >= 11 is 0. The summed E-state index contributed by atoms with van der Waals surface area (Å²) < 4.78 is 32.1. The molecule has 0 aromatic heterocycles. The number of sulfonamides is 1. The minimum absolute atomic E-state index is 0.0365. The van der Waals surface area contributed by atoms with Gasteiger partial charge in [-0.3, -0.25) is 14.9 Å². The van der Waals surface area contributed by atoms with Gasteiger partial charge in [0.1, 0.15) is 0 Å². The summed E-state index contributed by atoms with van der Waals surface area (Å²) in [7, 11) is -3.78. The molecule has 2 saturated carbocycles. The van der Waals surface area contributed by atoms with Crippen LogP contribution in [0.4, 0.5) is 5.69 Å². The summed E-state index contributed by atoms with van der Waals surface area (Å²) in [5.41, 5.74) is -0.464. The summed E-state index contributed by atoms with van der Waals surface area (Å²) in [6.45, 7) is 2.47. The van der Waals surface area contributed by atoms with Gasteiger partial charge in [-0.05, 0) is 68.9 Å². The second-order valence-corrected chi connectivity index (χ2v) is 10.9. The summed E-state index contributed by atoms with van der Waals surface area (Å²) in [5.74, 6) is 1.48. The molecule has 1 amide bonds. The van der Waals surface area contributed by atoms with Crippen molar-refractivity contribution in [2.75, 3.05) is 19.7 Å². The average Bonchev–Trinajstić information content (AvgIpc) is 3.50. The summed E-state index contributed by atoms with van der Waals surface area (Å²) in [5, 5.41) is 14.5. The highest BCUT2D eigenvalue weighted by atomic mass is 32.2. The number of nitro groups is 1. The van der Waals surface area contributed by atoms with Crippen molar-refractivity contribution in [2.24, 2.45) is 17.8 Å². The van der Waals surface area contributed by atoms with Crippen LogP contribution >= 0.6 is 0 Å². The number of carbonyl (C=O) groups excluding carboxylic acids is 1. The van der Waals surface area contributed by atoms with Gasteiger partial charge in [0, 0.05) is 25.2 Å². The van der Waals surface area contributed by atoms with Crippen molar-refractivity contribution in [1.29, 1.82) is 0 Å². The van der Waals surface area contributed by atoms with Crippen LogP contribution in [0.1, 0.15) is 45.4 Å². The maximum absolute atomic E-state index is 12.7. The van der Waals surface area contributed by atoms with Crippen molar-refractivity contribution in [3.05, 3.63) is 28.3 Å². The van der Waals surface area contributed by atoms with Gasteiger partial charge in [-0.15, -0.1) is 0 Å². The first-order valence-corrected chi connectivity index (χ1v) is 12.4. The first-order chi connectivity index (χ1) is 14.8. The van der Waals surface area contributed by atoms with E-state index >= 15 is 0 Å². The van der Waals surface area contributed by atoms with Gasteiger partial charge in [0.05, 0.1) is 9.82 Å². The minimum atomic E-state index is -3.78. The molecule has 2 aliphatic carbocycles. The molecule has 1 aromatic rings. The second kappa shape index (κ2) is 8.74. The molecule has 1 N–H and O–H groups in total. The minimum Gasteiger partial charge on any atom is -0.477 e. The van der Waals surface area contributed by atoms with Crippen LogP contribution in [-0.4, -0.2) is 49.3 Å². The molecule has 1 heterocycles. The fourth-order valence-electron chi connectivity index (χ4n) is 5.45. The summed E-state index contributed by atoms with van der Waals surface area (Å²) in [6.07, 6.45) is 6.46. The molecule has 2 bridgehead atoms. The van der Waals surface area contributed by atoms with Crippen molar-refractivity contribution in [3.8, 4) is 5.75 Å². The number of nitrogens with zero attached hydrogens (tertiary/aromatic N) is 2. The van der Waals surface area contributed by atoms with Crippen LogP contribution in [0, 0.1) is 27.9 Å². The second-order valence-electron chi connectivity index (χ2n) is 8.98. The normalized spacial score (nSPS) is 26.7. The van der Waals surface area contributed by atoms with Gasteiger partial charge >= 0.3 is 5.69 Å². The number of hydrogen-bond acceptors (Lipinski definition) is 6. The Kier molecular flexibility index (Phi) is 6.20. The number of ether oxygens (including phenoxy) is 1. The van der Waals surface area contributed by atoms with Crippen LogP contribution in [-0.2, 0) is 14.8 Å². The van der Waals surface area contributed by atoms with Crippen molar-refractivity contribution in [3.63, 3.8) is 0 Å². The maximum atomic E-state index is 12.7. The lowest BCUT2D eigenvalue weighted by Crippen LogP contribution is -2.42. The Labute approximate surface area is 182 Å². The van der Waals surface area contributed by atoms with Crippen LogP contribution in [0.15, 0.2) is 23.1 Å². The molecule has 4 atom stereocenters. The van der Waals surface area contributed by atoms with E-state index in [9.17, 15) is 23.3 Å². The van der Waals surface area contributed by atoms with E-state index in [4.69, 9.17) is 4.74 Å². The molecule has 3 fully saturated rings. The van der Waals surface area contributed by atoms with Crippen molar-refractivity contribution >= 4 is 21.6 Å². The Morgan fingerprint density at radius 1 is 1.29 bits per heavy atom. The van der Waals surface area contributed by atoms with Gasteiger partial charge in [-0.2, -0.15) is 4.31 Å². The van der Waals surface area contributed by atoms with E-state index < -0.39 is 20.6 Å². The van der Waals surface area contributed by atoms with E-state index in [1.165, 1.54) is 35.7 Å². The monoisotopic (exact) mass is 451 g/mol. The number of nitrogens with one attached hydrogen (secondary N) is 1.